The topological polar surface area (TPSA) is 103 Å². The van der Waals surface area contributed by atoms with Crippen molar-refractivity contribution in [1.82, 2.24) is 18.7 Å². The lowest BCUT2D eigenvalue weighted by Crippen LogP contribution is -2.38. The Balaban J connectivity index is 2.02. The fourth-order valence-corrected chi connectivity index (χ4v) is 3.09. The van der Waals surface area contributed by atoms with E-state index in [0.717, 1.165) is 10.1 Å². The summed E-state index contributed by atoms with van der Waals surface area (Å²) in [5.41, 5.74) is 0.600. The van der Waals surface area contributed by atoms with Gasteiger partial charge in [-0.05, 0) is 5.56 Å². The van der Waals surface area contributed by atoms with E-state index in [1.165, 1.54) is 11.6 Å². The summed E-state index contributed by atoms with van der Waals surface area (Å²) in [5, 5.41) is 13.6. The van der Waals surface area contributed by atoms with E-state index in [1.54, 1.807) is 17.7 Å². The van der Waals surface area contributed by atoms with Crippen molar-refractivity contribution in [2.24, 2.45) is 14.1 Å². The van der Waals surface area contributed by atoms with Crippen molar-refractivity contribution in [3.05, 3.63) is 69.4 Å². The molecule has 0 fully saturated rings. The third kappa shape index (κ3) is 4.30. The molecule has 2 heterocycles. The van der Waals surface area contributed by atoms with Crippen LogP contribution in [0.3, 0.4) is 0 Å². The minimum Gasteiger partial charge on any atom is -0.389 e. The van der Waals surface area contributed by atoms with E-state index < -0.39 is 17.4 Å². The van der Waals surface area contributed by atoms with Gasteiger partial charge in [-0.25, -0.2) is 4.79 Å². The summed E-state index contributed by atoms with van der Waals surface area (Å²) in [6, 6.07) is 9.72. The average molecular weight is 399 g/mol. The highest BCUT2D eigenvalue weighted by Crippen LogP contribution is 2.17. The summed E-state index contributed by atoms with van der Waals surface area (Å²) in [6.45, 7) is 4.52. The Bertz CT molecular complexity index is 1110. The lowest BCUT2D eigenvalue weighted by atomic mass is 10.2. The number of aliphatic hydroxyl groups is 1. The summed E-state index contributed by atoms with van der Waals surface area (Å²) < 4.78 is 9.26. The second-order valence-corrected chi connectivity index (χ2v) is 6.74. The number of imidazole rings is 1. The van der Waals surface area contributed by atoms with Gasteiger partial charge >= 0.3 is 5.69 Å². The molecular formula is C20H25N5O4. The van der Waals surface area contributed by atoms with Gasteiger partial charge in [-0.15, -0.1) is 6.58 Å². The van der Waals surface area contributed by atoms with Gasteiger partial charge in [0.2, 0.25) is 5.95 Å². The standard InChI is InChI=1S/C20H25N5O4/c1-4-10-29-13-15(26)12-25-16-17(23(2)20(28)24(3)18(16)27)22-19(25)21-11-14-8-6-5-7-9-14/h4-9,15,26H,1,10-13H2,2-3H3,(H,21,22). The Hall–Kier alpha value is -3.17. The maximum absolute atomic E-state index is 12.8. The van der Waals surface area contributed by atoms with Crippen molar-refractivity contribution in [3.63, 3.8) is 0 Å². The number of fused-ring (bicyclic) bond motifs is 1. The second kappa shape index (κ2) is 8.89. The van der Waals surface area contributed by atoms with E-state index in [9.17, 15) is 14.7 Å². The quantitative estimate of drug-likeness (QED) is 0.404. The predicted molar refractivity (Wildman–Crippen MR) is 111 cm³/mol. The summed E-state index contributed by atoms with van der Waals surface area (Å²) >= 11 is 0. The van der Waals surface area contributed by atoms with Crippen LogP contribution in [0.1, 0.15) is 5.56 Å². The lowest BCUT2D eigenvalue weighted by Gasteiger charge is -2.15. The van der Waals surface area contributed by atoms with Crippen molar-refractivity contribution >= 4 is 17.1 Å². The van der Waals surface area contributed by atoms with E-state index in [2.05, 4.69) is 16.9 Å². The van der Waals surface area contributed by atoms with Crippen LogP contribution in [-0.4, -0.2) is 43.1 Å². The molecule has 0 aliphatic rings. The molecule has 0 bridgehead atoms. The molecule has 154 valence electrons. The van der Waals surface area contributed by atoms with Crippen LogP contribution in [0, 0.1) is 0 Å². The molecule has 2 N–H and O–H groups in total. The molecule has 2 aromatic heterocycles. The van der Waals surface area contributed by atoms with Crippen LogP contribution in [-0.2, 0) is 31.9 Å². The molecule has 0 spiro atoms. The highest BCUT2D eigenvalue weighted by atomic mass is 16.5. The van der Waals surface area contributed by atoms with E-state index in [4.69, 9.17) is 4.74 Å². The summed E-state index contributed by atoms with van der Waals surface area (Å²) in [7, 11) is 2.98. The molecular weight excluding hydrogens is 374 g/mol. The fraction of sp³-hybridized carbons (Fsp3) is 0.350. The Labute approximate surface area is 167 Å². The number of aryl methyl sites for hydroxylation is 1. The van der Waals surface area contributed by atoms with Gasteiger partial charge in [-0.3, -0.25) is 13.9 Å². The van der Waals surface area contributed by atoms with Crippen LogP contribution in [0.15, 0.2) is 52.6 Å². The zero-order valence-corrected chi connectivity index (χ0v) is 16.5. The molecule has 0 amide bonds. The zero-order valence-electron chi connectivity index (χ0n) is 16.5. The van der Waals surface area contributed by atoms with E-state index in [-0.39, 0.29) is 24.3 Å². The zero-order chi connectivity index (χ0) is 21.0. The van der Waals surface area contributed by atoms with Gasteiger partial charge in [-0.1, -0.05) is 36.4 Å². The molecule has 0 aliphatic heterocycles. The van der Waals surface area contributed by atoms with Crippen LogP contribution in [0.2, 0.25) is 0 Å². The van der Waals surface area contributed by atoms with Crippen LogP contribution >= 0.6 is 0 Å². The van der Waals surface area contributed by atoms with Crippen molar-refractivity contribution < 1.29 is 9.84 Å². The SMILES string of the molecule is C=CCOCC(O)Cn1c(NCc2ccccc2)nc2c1c(=O)n(C)c(=O)n2C. The van der Waals surface area contributed by atoms with E-state index in [1.807, 2.05) is 30.3 Å². The molecule has 1 aromatic carbocycles. The average Bonchev–Trinajstić information content (AvgIpc) is 3.08. The summed E-state index contributed by atoms with van der Waals surface area (Å²) in [6.07, 6.45) is 0.726. The third-order valence-electron chi connectivity index (χ3n) is 4.58. The molecule has 29 heavy (non-hydrogen) atoms. The Morgan fingerprint density at radius 1 is 1.24 bits per heavy atom. The first-order valence-electron chi connectivity index (χ1n) is 9.24. The Morgan fingerprint density at radius 2 is 1.97 bits per heavy atom. The maximum atomic E-state index is 12.8. The smallest absolute Gasteiger partial charge is 0.332 e. The number of hydrogen-bond acceptors (Lipinski definition) is 6. The molecule has 0 saturated heterocycles. The predicted octanol–water partition coefficient (Wildman–Crippen LogP) is 0.609. The second-order valence-electron chi connectivity index (χ2n) is 6.74. The van der Waals surface area contributed by atoms with Crippen molar-refractivity contribution in [2.45, 2.75) is 19.2 Å². The van der Waals surface area contributed by atoms with Crippen molar-refractivity contribution in [3.8, 4) is 0 Å². The fourth-order valence-electron chi connectivity index (χ4n) is 3.09. The molecule has 0 aliphatic carbocycles. The highest BCUT2D eigenvalue weighted by molar-refractivity contribution is 5.74. The minimum atomic E-state index is -0.869. The van der Waals surface area contributed by atoms with Gasteiger partial charge in [0.1, 0.15) is 0 Å². The number of aromatic nitrogens is 4. The summed E-state index contributed by atoms with van der Waals surface area (Å²) in [5.74, 6) is 0.393. The molecule has 1 unspecified atom stereocenters. The highest BCUT2D eigenvalue weighted by Gasteiger charge is 2.21. The Morgan fingerprint density at radius 3 is 2.66 bits per heavy atom. The molecule has 3 rings (SSSR count). The number of nitrogens with one attached hydrogen (secondary N) is 1. The lowest BCUT2D eigenvalue weighted by molar-refractivity contribution is 0.0405. The molecule has 0 saturated carbocycles. The molecule has 1 atom stereocenters. The van der Waals surface area contributed by atoms with Crippen molar-refractivity contribution in [1.29, 1.82) is 0 Å². The molecule has 3 aromatic rings. The van der Waals surface area contributed by atoms with Crippen LogP contribution in [0.25, 0.3) is 11.2 Å². The van der Waals surface area contributed by atoms with E-state index in [0.29, 0.717) is 19.1 Å². The largest absolute Gasteiger partial charge is 0.389 e. The third-order valence-corrected chi connectivity index (χ3v) is 4.58. The van der Waals surface area contributed by atoms with Crippen LogP contribution in [0.5, 0.6) is 0 Å². The number of rotatable bonds is 9. The molecule has 0 radical (unpaired) electrons. The first kappa shape index (κ1) is 20.6. The Kier molecular flexibility index (Phi) is 6.30. The van der Waals surface area contributed by atoms with Gasteiger partial charge < -0.3 is 19.7 Å². The number of nitrogens with zero attached hydrogens (tertiary/aromatic N) is 4. The van der Waals surface area contributed by atoms with E-state index >= 15 is 0 Å². The number of hydrogen-bond donors (Lipinski definition) is 2. The number of ether oxygens (including phenoxy) is 1. The molecule has 9 nitrogen and oxygen atoms in total. The van der Waals surface area contributed by atoms with Gasteiger partial charge in [-0.2, -0.15) is 4.98 Å². The minimum absolute atomic E-state index is 0.0793. The number of anilines is 1. The first-order chi connectivity index (χ1) is 13.9. The first-order valence-corrected chi connectivity index (χ1v) is 9.24. The van der Waals surface area contributed by atoms with Crippen LogP contribution < -0.4 is 16.6 Å². The number of benzene rings is 1. The monoisotopic (exact) mass is 399 g/mol. The maximum Gasteiger partial charge on any atom is 0.332 e. The van der Waals surface area contributed by atoms with Gasteiger partial charge in [0, 0.05) is 20.6 Å². The number of aliphatic hydroxyl groups excluding tert-OH is 1. The normalized spacial score (nSPS) is 12.2. The van der Waals surface area contributed by atoms with Gasteiger partial charge in [0.05, 0.1) is 25.9 Å². The van der Waals surface area contributed by atoms with Crippen molar-refractivity contribution in [2.75, 3.05) is 18.5 Å². The summed E-state index contributed by atoms with van der Waals surface area (Å²) in [4.78, 5) is 29.5. The molecule has 9 heteroatoms. The van der Waals surface area contributed by atoms with Gasteiger partial charge in [0.15, 0.2) is 11.2 Å². The van der Waals surface area contributed by atoms with Crippen LogP contribution in [0.4, 0.5) is 5.95 Å². The van der Waals surface area contributed by atoms with Gasteiger partial charge in [0.25, 0.3) is 5.56 Å².